The fraction of sp³-hybridized carbons (Fsp3) is 0.0909. The normalized spacial score (nSPS) is 11.4. The van der Waals surface area contributed by atoms with E-state index in [1.807, 2.05) is 48.8 Å². The van der Waals surface area contributed by atoms with Crippen LogP contribution in [0.25, 0.3) is 10.9 Å². The Labute approximate surface area is 170 Å². The maximum atomic E-state index is 11.6. The Hall–Kier alpha value is -3.12. The topological polar surface area (TPSA) is 56.7 Å². The zero-order chi connectivity index (χ0) is 19.5. The molecule has 0 spiro atoms. The lowest BCUT2D eigenvalue weighted by molar-refractivity contribution is 0.0563. The predicted molar refractivity (Wildman–Crippen MR) is 112 cm³/mol. The number of methoxy groups -OCH3 is 1. The number of hydrogen-bond acceptors (Lipinski definition) is 4. The number of fused-ring (bicyclic) bond motifs is 1. The zero-order valence-electron chi connectivity index (χ0n) is 15.1. The highest BCUT2D eigenvalue weighted by molar-refractivity contribution is 9.10. The molecule has 2 aromatic heterocycles. The number of nitrogens with zero attached hydrogens (tertiary/aromatic N) is 2. The first kappa shape index (κ1) is 18.3. The van der Waals surface area contributed by atoms with Gasteiger partial charge >= 0.3 is 5.97 Å². The molecule has 0 N–H and O–H groups in total. The summed E-state index contributed by atoms with van der Waals surface area (Å²) in [7, 11) is 1.33. The van der Waals surface area contributed by atoms with Crippen LogP contribution >= 0.6 is 15.9 Å². The molecular weight excluding hydrogens is 420 g/mol. The Bertz CT molecular complexity index is 1160. The molecule has 5 nitrogen and oxygen atoms in total. The van der Waals surface area contributed by atoms with E-state index in [1.165, 1.54) is 7.11 Å². The van der Waals surface area contributed by atoms with Crippen LogP contribution in [0.5, 0.6) is 0 Å². The predicted octanol–water partition coefficient (Wildman–Crippen LogP) is 5.58. The van der Waals surface area contributed by atoms with Crippen molar-refractivity contribution in [2.75, 3.05) is 7.11 Å². The van der Waals surface area contributed by atoms with E-state index < -0.39 is 5.97 Å². The number of aliphatic imine (C=N–C) groups is 1. The molecule has 0 fully saturated rings. The minimum Gasteiger partial charge on any atom is -0.463 e. The van der Waals surface area contributed by atoms with Gasteiger partial charge in [0, 0.05) is 33.4 Å². The molecule has 0 saturated heterocycles. The summed E-state index contributed by atoms with van der Waals surface area (Å²) in [5.74, 6) is 0.398. The monoisotopic (exact) mass is 436 g/mol. The van der Waals surface area contributed by atoms with Crippen LogP contribution in [0.1, 0.15) is 21.9 Å². The van der Waals surface area contributed by atoms with Crippen LogP contribution in [-0.4, -0.2) is 23.9 Å². The average Bonchev–Trinajstić information content (AvgIpc) is 3.33. The van der Waals surface area contributed by atoms with E-state index in [1.54, 1.807) is 12.1 Å². The van der Waals surface area contributed by atoms with Gasteiger partial charge in [-0.1, -0.05) is 34.1 Å². The van der Waals surface area contributed by atoms with E-state index in [0.717, 1.165) is 26.6 Å². The molecule has 0 radical (unpaired) electrons. The van der Waals surface area contributed by atoms with E-state index in [0.29, 0.717) is 12.3 Å². The standard InChI is InChI=1S/C22H17BrN2O3/c1-27-22(26)21-11-10-18(28-21)14-25-13-15(19-4-2-3-5-20(19)25)12-24-17-8-6-16(23)7-9-17/h2-13H,14H2,1H3. The summed E-state index contributed by atoms with van der Waals surface area (Å²) in [6.07, 6.45) is 3.90. The smallest absolute Gasteiger partial charge is 0.373 e. The first-order chi connectivity index (χ1) is 13.6. The summed E-state index contributed by atoms with van der Waals surface area (Å²) in [4.78, 5) is 16.2. The third kappa shape index (κ3) is 3.77. The first-order valence-corrected chi connectivity index (χ1v) is 9.48. The van der Waals surface area contributed by atoms with Crippen molar-refractivity contribution in [3.63, 3.8) is 0 Å². The van der Waals surface area contributed by atoms with Gasteiger partial charge in [-0.15, -0.1) is 0 Å². The van der Waals surface area contributed by atoms with E-state index in [4.69, 9.17) is 9.15 Å². The van der Waals surface area contributed by atoms with Gasteiger partial charge in [0.2, 0.25) is 5.76 Å². The highest BCUT2D eigenvalue weighted by Crippen LogP contribution is 2.23. The van der Waals surface area contributed by atoms with Crippen molar-refractivity contribution in [2.45, 2.75) is 6.54 Å². The molecule has 0 aliphatic carbocycles. The summed E-state index contributed by atoms with van der Waals surface area (Å²) < 4.78 is 13.4. The molecule has 0 saturated carbocycles. The molecule has 6 heteroatoms. The Morgan fingerprint density at radius 3 is 2.71 bits per heavy atom. The second-order valence-electron chi connectivity index (χ2n) is 6.22. The van der Waals surface area contributed by atoms with Crippen molar-refractivity contribution >= 4 is 44.7 Å². The van der Waals surface area contributed by atoms with E-state index in [2.05, 4.69) is 37.6 Å². The number of para-hydroxylation sites is 1. The van der Waals surface area contributed by atoms with Crippen molar-refractivity contribution in [1.29, 1.82) is 0 Å². The van der Waals surface area contributed by atoms with Gasteiger partial charge in [0.15, 0.2) is 0 Å². The summed E-state index contributed by atoms with van der Waals surface area (Å²) in [5.41, 5.74) is 2.96. The summed E-state index contributed by atoms with van der Waals surface area (Å²) >= 11 is 3.43. The molecule has 0 bridgehead atoms. The summed E-state index contributed by atoms with van der Waals surface area (Å²) in [5, 5.41) is 1.10. The van der Waals surface area contributed by atoms with Crippen molar-refractivity contribution < 1.29 is 13.9 Å². The Balaban J connectivity index is 1.65. The number of rotatable bonds is 5. The van der Waals surface area contributed by atoms with Crippen molar-refractivity contribution in [2.24, 2.45) is 4.99 Å². The van der Waals surface area contributed by atoms with Crippen LogP contribution < -0.4 is 0 Å². The molecule has 0 aliphatic heterocycles. The lowest BCUT2D eigenvalue weighted by Crippen LogP contribution is -1.99. The largest absolute Gasteiger partial charge is 0.463 e. The highest BCUT2D eigenvalue weighted by Gasteiger charge is 2.13. The number of benzene rings is 2. The fourth-order valence-corrected chi connectivity index (χ4v) is 3.29. The van der Waals surface area contributed by atoms with Crippen LogP contribution in [0.2, 0.25) is 0 Å². The Morgan fingerprint density at radius 2 is 1.93 bits per heavy atom. The maximum Gasteiger partial charge on any atom is 0.373 e. The number of furan rings is 1. The van der Waals surface area contributed by atoms with Gasteiger partial charge in [0.1, 0.15) is 5.76 Å². The van der Waals surface area contributed by atoms with Gasteiger partial charge < -0.3 is 13.7 Å². The number of aromatic nitrogens is 1. The minimum atomic E-state index is -0.481. The van der Waals surface area contributed by atoms with Crippen molar-refractivity contribution in [3.8, 4) is 0 Å². The summed E-state index contributed by atoms with van der Waals surface area (Å²) in [6, 6.07) is 19.4. The maximum absolute atomic E-state index is 11.6. The van der Waals surface area contributed by atoms with Crippen LogP contribution in [0, 0.1) is 0 Å². The second kappa shape index (κ2) is 7.86. The molecule has 0 atom stereocenters. The van der Waals surface area contributed by atoms with Gasteiger partial charge in [-0.25, -0.2) is 4.79 Å². The lowest BCUT2D eigenvalue weighted by atomic mass is 10.2. The second-order valence-corrected chi connectivity index (χ2v) is 7.14. The number of carbonyl (C=O) groups excluding carboxylic acids is 1. The molecule has 2 heterocycles. The quantitative estimate of drug-likeness (QED) is 0.303. The SMILES string of the molecule is COC(=O)c1ccc(Cn2cc(C=Nc3ccc(Br)cc3)c3ccccc32)o1. The van der Waals surface area contributed by atoms with Crippen LogP contribution in [0.4, 0.5) is 5.69 Å². The molecule has 28 heavy (non-hydrogen) atoms. The Kier molecular flexibility index (Phi) is 5.12. The van der Waals surface area contributed by atoms with E-state index >= 15 is 0 Å². The Morgan fingerprint density at radius 1 is 1.14 bits per heavy atom. The third-order valence-electron chi connectivity index (χ3n) is 4.37. The molecular formula is C22H17BrN2O3. The number of halogens is 1. The zero-order valence-corrected chi connectivity index (χ0v) is 16.7. The highest BCUT2D eigenvalue weighted by atomic mass is 79.9. The first-order valence-electron chi connectivity index (χ1n) is 8.68. The molecule has 140 valence electrons. The number of esters is 1. The summed E-state index contributed by atoms with van der Waals surface area (Å²) in [6.45, 7) is 0.504. The fourth-order valence-electron chi connectivity index (χ4n) is 3.02. The van der Waals surface area contributed by atoms with E-state index in [9.17, 15) is 4.79 Å². The number of hydrogen-bond donors (Lipinski definition) is 0. The molecule has 0 aliphatic rings. The molecule has 4 rings (SSSR count). The van der Waals surface area contributed by atoms with Crippen molar-refractivity contribution in [1.82, 2.24) is 4.57 Å². The van der Waals surface area contributed by atoms with Gasteiger partial charge in [0.25, 0.3) is 0 Å². The molecule has 2 aromatic carbocycles. The van der Waals surface area contributed by atoms with Crippen LogP contribution in [0.3, 0.4) is 0 Å². The van der Waals surface area contributed by atoms with Crippen LogP contribution in [-0.2, 0) is 11.3 Å². The molecule has 0 unspecified atom stereocenters. The number of ether oxygens (including phenoxy) is 1. The van der Waals surface area contributed by atoms with Gasteiger partial charge in [-0.05, 0) is 42.5 Å². The lowest BCUT2D eigenvalue weighted by Gasteiger charge is -2.02. The molecule has 4 aromatic rings. The van der Waals surface area contributed by atoms with Crippen LogP contribution in [0.15, 0.2) is 80.7 Å². The minimum absolute atomic E-state index is 0.200. The molecule has 0 amide bonds. The average molecular weight is 437 g/mol. The third-order valence-corrected chi connectivity index (χ3v) is 4.90. The van der Waals surface area contributed by atoms with E-state index in [-0.39, 0.29) is 5.76 Å². The van der Waals surface area contributed by atoms with Crippen molar-refractivity contribution in [3.05, 3.63) is 88.4 Å². The van der Waals surface area contributed by atoms with Gasteiger partial charge in [0.05, 0.1) is 19.3 Å². The number of carbonyl (C=O) groups is 1. The van der Waals surface area contributed by atoms with Gasteiger partial charge in [-0.2, -0.15) is 0 Å². The van der Waals surface area contributed by atoms with Gasteiger partial charge in [-0.3, -0.25) is 4.99 Å².